The molecule has 138 valence electrons. The lowest BCUT2D eigenvalue weighted by Crippen LogP contribution is -2.36. The quantitative estimate of drug-likeness (QED) is 0.709. The van der Waals surface area contributed by atoms with E-state index in [0.29, 0.717) is 17.1 Å². The number of imidazole rings is 1. The van der Waals surface area contributed by atoms with Crippen molar-refractivity contribution in [3.63, 3.8) is 0 Å². The van der Waals surface area contributed by atoms with Gasteiger partial charge in [-0.1, -0.05) is 0 Å². The Balaban J connectivity index is 1.77. The number of fused-ring (bicyclic) bond motifs is 1. The number of benzene rings is 1. The molecule has 1 saturated heterocycles. The van der Waals surface area contributed by atoms with Gasteiger partial charge in [-0.25, -0.2) is 4.98 Å². The van der Waals surface area contributed by atoms with E-state index >= 15 is 0 Å². The van der Waals surface area contributed by atoms with Gasteiger partial charge >= 0.3 is 0 Å². The van der Waals surface area contributed by atoms with E-state index in [-0.39, 0.29) is 0 Å². The molecule has 7 heteroatoms. The van der Waals surface area contributed by atoms with Crippen LogP contribution in [-0.4, -0.2) is 49.9 Å². The molecule has 0 bridgehead atoms. The number of anilines is 1. The summed E-state index contributed by atoms with van der Waals surface area (Å²) in [5.74, 6) is 1.10. The van der Waals surface area contributed by atoms with Gasteiger partial charge in [0.2, 0.25) is 0 Å². The first-order valence-electron chi connectivity index (χ1n) is 8.71. The van der Waals surface area contributed by atoms with Crippen LogP contribution in [0.25, 0.3) is 16.9 Å². The number of nitriles is 1. The Kier molecular flexibility index (Phi) is 4.57. The molecule has 0 N–H and O–H groups in total. The van der Waals surface area contributed by atoms with Crippen molar-refractivity contribution in [1.82, 2.24) is 9.38 Å². The number of hydrogen-bond acceptors (Lipinski definition) is 6. The maximum Gasteiger partial charge on any atom is 0.140 e. The van der Waals surface area contributed by atoms with E-state index in [1.54, 1.807) is 19.2 Å². The molecular weight excluding hydrogens is 344 g/mol. The van der Waals surface area contributed by atoms with E-state index in [2.05, 4.69) is 23.1 Å². The van der Waals surface area contributed by atoms with Gasteiger partial charge in [0.1, 0.15) is 23.2 Å². The van der Waals surface area contributed by atoms with Crippen LogP contribution in [0.2, 0.25) is 0 Å². The van der Waals surface area contributed by atoms with E-state index in [4.69, 9.17) is 19.2 Å². The Labute approximate surface area is 157 Å². The molecule has 0 atom stereocenters. The molecule has 2 aromatic heterocycles. The Bertz CT molecular complexity index is 1020. The molecule has 0 aliphatic carbocycles. The second-order valence-electron chi connectivity index (χ2n) is 6.24. The van der Waals surface area contributed by atoms with E-state index in [0.717, 1.165) is 48.9 Å². The number of rotatable bonds is 4. The Hall–Kier alpha value is -3.24. The van der Waals surface area contributed by atoms with Crippen molar-refractivity contribution < 1.29 is 14.2 Å². The number of nitrogens with zero attached hydrogens (tertiary/aromatic N) is 4. The molecule has 0 saturated carbocycles. The van der Waals surface area contributed by atoms with Crippen LogP contribution in [0.4, 0.5) is 5.69 Å². The lowest BCUT2D eigenvalue weighted by molar-refractivity contribution is 0.122. The second-order valence-corrected chi connectivity index (χ2v) is 6.24. The monoisotopic (exact) mass is 364 g/mol. The summed E-state index contributed by atoms with van der Waals surface area (Å²) in [5, 5.41) is 9.39. The topological polar surface area (TPSA) is 72.0 Å². The van der Waals surface area contributed by atoms with Gasteiger partial charge in [-0.3, -0.25) is 0 Å². The summed E-state index contributed by atoms with van der Waals surface area (Å²) in [7, 11) is 3.13. The molecule has 27 heavy (non-hydrogen) atoms. The molecule has 1 fully saturated rings. The summed E-state index contributed by atoms with van der Waals surface area (Å²) >= 11 is 0. The van der Waals surface area contributed by atoms with Crippen molar-refractivity contribution in [2.45, 2.75) is 0 Å². The van der Waals surface area contributed by atoms with Gasteiger partial charge in [-0.15, -0.1) is 0 Å². The first kappa shape index (κ1) is 17.2. The Morgan fingerprint density at radius 2 is 1.89 bits per heavy atom. The molecule has 1 aliphatic rings. The fourth-order valence-electron chi connectivity index (χ4n) is 3.31. The highest BCUT2D eigenvalue weighted by molar-refractivity contribution is 5.74. The van der Waals surface area contributed by atoms with Crippen molar-refractivity contribution in [2.24, 2.45) is 0 Å². The zero-order chi connectivity index (χ0) is 18.8. The number of morpholine rings is 1. The van der Waals surface area contributed by atoms with Crippen LogP contribution in [0.3, 0.4) is 0 Å². The molecule has 4 rings (SSSR count). The zero-order valence-corrected chi connectivity index (χ0v) is 15.3. The molecule has 0 unspecified atom stereocenters. The van der Waals surface area contributed by atoms with Gasteiger partial charge < -0.3 is 23.5 Å². The van der Waals surface area contributed by atoms with Gasteiger partial charge in [0.05, 0.1) is 38.7 Å². The normalized spacial score (nSPS) is 14.2. The summed E-state index contributed by atoms with van der Waals surface area (Å²) in [5.41, 5.74) is 3.91. The highest BCUT2D eigenvalue weighted by Gasteiger charge is 2.17. The van der Waals surface area contributed by atoms with Crippen molar-refractivity contribution in [1.29, 1.82) is 5.26 Å². The summed E-state index contributed by atoms with van der Waals surface area (Å²) in [6.45, 7) is 3.23. The van der Waals surface area contributed by atoms with Crippen LogP contribution in [0.5, 0.6) is 11.5 Å². The number of ether oxygens (including phenoxy) is 3. The lowest BCUT2D eigenvalue weighted by Gasteiger charge is -2.28. The summed E-state index contributed by atoms with van der Waals surface area (Å²) in [6.07, 6.45) is 3.93. The fraction of sp³-hybridized carbons (Fsp3) is 0.300. The molecule has 0 spiro atoms. The first-order chi connectivity index (χ1) is 13.2. The third kappa shape index (κ3) is 3.15. The average Bonchev–Trinajstić information content (AvgIpc) is 3.16. The fourth-order valence-corrected chi connectivity index (χ4v) is 3.31. The van der Waals surface area contributed by atoms with E-state index in [1.165, 1.54) is 7.11 Å². The molecular formula is C20H20N4O3. The van der Waals surface area contributed by atoms with Gasteiger partial charge in [0.15, 0.2) is 0 Å². The molecule has 1 aromatic carbocycles. The maximum atomic E-state index is 9.39. The summed E-state index contributed by atoms with van der Waals surface area (Å²) in [4.78, 5) is 7.04. The van der Waals surface area contributed by atoms with E-state index in [1.807, 2.05) is 16.8 Å². The lowest BCUT2D eigenvalue weighted by atomic mass is 10.1. The van der Waals surface area contributed by atoms with Crippen molar-refractivity contribution in [3.05, 3.63) is 42.2 Å². The van der Waals surface area contributed by atoms with Crippen molar-refractivity contribution >= 4 is 11.3 Å². The third-order valence-electron chi connectivity index (χ3n) is 4.74. The number of pyridine rings is 1. The van der Waals surface area contributed by atoms with Crippen LogP contribution >= 0.6 is 0 Å². The van der Waals surface area contributed by atoms with Crippen LogP contribution in [-0.2, 0) is 4.74 Å². The summed E-state index contributed by atoms with van der Waals surface area (Å²) < 4.78 is 18.2. The summed E-state index contributed by atoms with van der Waals surface area (Å²) in [6, 6.07) is 9.78. The predicted molar refractivity (Wildman–Crippen MR) is 101 cm³/mol. The van der Waals surface area contributed by atoms with Crippen LogP contribution in [0.1, 0.15) is 5.56 Å². The molecule has 0 amide bonds. The van der Waals surface area contributed by atoms with Crippen LogP contribution < -0.4 is 14.4 Å². The molecule has 3 heterocycles. The molecule has 0 radical (unpaired) electrons. The maximum absolute atomic E-state index is 9.39. The Morgan fingerprint density at radius 3 is 2.59 bits per heavy atom. The molecule has 1 aliphatic heterocycles. The SMILES string of the molecule is COc1cc(OC)c(-c2cn3ccc(N4CCOCC4)cc3n2)cc1C#N. The first-order valence-corrected chi connectivity index (χ1v) is 8.71. The highest BCUT2D eigenvalue weighted by atomic mass is 16.5. The number of methoxy groups -OCH3 is 2. The number of aromatic nitrogens is 2. The minimum atomic E-state index is 0.444. The molecule has 3 aromatic rings. The van der Waals surface area contributed by atoms with Gasteiger partial charge in [0, 0.05) is 48.9 Å². The van der Waals surface area contributed by atoms with Crippen molar-refractivity contribution in [2.75, 3.05) is 45.4 Å². The molecule has 7 nitrogen and oxygen atoms in total. The smallest absolute Gasteiger partial charge is 0.140 e. The standard InChI is InChI=1S/C20H20N4O3/c1-25-18-11-19(26-2)16(9-14(18)12-21)17-13-24-4-3-15(10-20(24)22-17)23-5-7-27-8-6-23/h3-4,9-11,13H,5-8H2,1-2H3. The van der Waals surface area contributed by atoms with Gasteiger partial charge in [-0.05, 0) is 12.1 Å². The van der Waals surface area contributed by atoms with Gasteiger partial charge in [0.25, 0.3) is 0 Å². The van der Waals surface area contributed by atoms with E-state index < -0.39 is 0 Å². The minimum Gasteiger partial charge on any atom is -0.496 e. The Morgan fingerprint density at radius 1 is 1.11 bits per heavy atom. The second kappa shape index (κ2) is 7.17. The number of hydrogen-bond donors (Lipinski definition) is 0. The van der Waals surface area contributed by atoms with Crippen molar-refractivity contribution in [3.8, 4) is 28.8 Å². The van der Waals surface area contributed by atoms with Crippen LogP contribution in [0, 0.1) is 11.3 Å². The largest absolute Gasteiger partial charge is 0.496 e. The predicted octanol–water partition coefficient (Wildman–Crippen LogP) is 2.73. The highest BCUT2D eigenvalue weighted by Crippen LogP contribution is 2.35. The third-order valence-corrected chi connectivity index (χ3v) is 4.74. The van der Waals surface area contributed by atoms with Gasteiger partial charge in [-0.2, -0.15) is 5.26 Å². The van der Waals surface area contributed by atoms with Crippen LogP contribution in [0.15, 0.2) is 36.7 Å². The zero-order valence-electron chi connectivity index (χ0n) is 15.3. The van der Waals surface area contributed by atoms with E-state index in [9.17, 15) is 5.26 Å². The average molecular weight is 364 g/mol. The minimum absolute atomic E-state index is 0.444.